The molecule has 0 unspecified atom stereocenters. The van der Waals surface area contributed by atoms with E-state index < -0.39 is 5.60 Å². The molecule has 2 heterocycles. The van der Waals surface area contributed by atoms with Crippen molar-refractivity contribution in [2.75, 3.05) is 60.3 Å². The molecular formula is C35H56N2O9. The fourth-order valence-corrected chi connectivity index (χ4v) is 6.06. The Balaban J connectivity index is 1.49. The highest BCUT2D eigenvalue weighted by Crippen LogP contribution is 2.37. The van der Waals surface area contributed by atoms with Crippen molar-refractivity contribution in [1.29, 1.82) is 0 Å². The van der Waals surface area contributed by atoms with Gasteiger partial charge in [-0.3, -0.25) is 0 Å². The molecule has 4 rings (SSSR count). The maximum Gasteiger partial charge on any atom is 0.410 e. The third kappa shape index (κ3) is 10.8. The number of likely N-dealkylation sites (tertiary alicyclic amines) is 1. The summed E-state index contributed by atoms with van der Waals surface area (Å²) in [5.41, 5.74) is -0.598. The van der Waals surface area contributed by atoms with E-state index in [1.165, 1.54) is 0 Å². The highest BCUT2D eigenvalue weighted by Gasteiger charge is 2.43. The van der Waals surface area contributed by atoms with Crippen LogP contribution >= 0.6 is 0 Å². The van der Waals surface area contributed by atoms with Gasteiger partial charge in [-0.15, -0.1) is 0 Å². The summed E-state index contributed by atoms with van der Waals surface area (Å²) in [6.07, 6.45) is 4.04. The Morgan fingerprint density at radius 2 is 1.72 bits per heavy atom. The van der Waals surface area contributed by atoms with Crippen molar-refractivity contribution in [1.82, 2.24) is 9.80 Å². The van der Waals surface area contributed by atoms with Crippen LogP contribution in [0.15, 0.2) is 18.2 Å². The fraction of sp³-hybridized carbons (Fsp3) is 0.771. The van der Waals surface area contributed by atoms with Crippen molar-refractivity contribution in [2.45, 2.75) is 97.0 Å². The lowest BCUT2D eigenvalue weighted by Crippen LogP contribution is -2.42. The summed E-state index contributed by atoms with van der Waals surface area (Å²) in [7, 11) is 3.29. The number of benzene rings is 1. The van der Waals surface area contributed by atoms with Crippen LogP contribution in [0.3, 0.4) is 0 Å². The quantitative estimate of drug-likeness (QED) is 0.207. The number of methoxy groups -OCH3 is 2. The molecular weight excluding hydrogens is 592 g/mol. The van der Waals surface area contributed by atoms with Gasteiger partial charge in [0.1, 0.15) is 23.6 Å². The minimum atomic E-state index is -0.598. The molecule has 0 bridgehead atoms. The van der Waals surface area contributed by atoms with Crippen LogP contribution in [0.2, 0.25) is 0 Å². The highest BCUT2D eigenvalue weighted by molar-refractivity contribution is 5.69. The lowest BCUT2D eigenvalue weighted by Gasteiger charge is -2.32. The van der Waals surface area contributed by atoms with Gasteiger partial charge in [-0.1, -0.05) is 13.8 Å². The van der Waals surface area contributed by atoms with E-state index in [0.29, 0.717) is 69.7 Å². The zero-order chi connectivity index (χ0) is 33.3. The van der Waals surface area contributed by atoms with Gasteiger partial charge in [0.25, 0.3) is 0 Å². The van der Waals surface area contributed by atoms with Crippen molar-refractivity contribution < 1.29 is 42.7 Å². The Kier molecular flexibility index (Phi) is 13.1. The lowest BCUT2D eigenvalue weighted by atomic mass is 9.87. The first-order valence-corrected chi connectivity index (χ1v) is 17.0. The molecule has 1 aromatic carbocycles. The molecule has 46 heavy (non-hydrogen) atoms. The third-order valence-corrected chi connectivity index (χ3v) is 8.77. The molecule has 2 aliphatic heterocycles. The molecule has 0 aromatic heterocycles. The van der Waals surface area contributed by atoms with E-state index in [1.54, 1.807) is 19.1 Å². The van der Waals surface area contributed by atoms with Gasteiger partial charge in [-0.2, -0.15) is 0 Å². The first-order chi connectivity index (χ1) is 22.0. The van der Waals surface area contributed by atoms with Gasteiger partial charge in [0.15, 0.2) is 11.5 Å². The molecule has 3 atom stereocenters. The van der Waals surface area contributed by atoms with Crippen molar-refractivity contribution in [2.24, 2.45) is 17.8 Å². The molecule has 0 radical (unpaired) electrons. The molecule has 2 amide bonds. The number of ether oxygens (including phenoxy) is 7. The second kappa shape index (κ2) is 16.8. The Morgan fingerprint density at radius 1 is 1.00 bits per heavy atom. The first-order valence-electron chi connectivity index (χ1n) is 17.0. The van der Waals surface area contributed by atoms with Crippen LogP contribution in [-0.2, 0) is 18.9 Å². The smallest absolute Gasteiger partial charge is 0.410 e. The molecule has 11 heteroatoms. The van der Waals surface area contributed by atoms with Crippen LogP contribution < -0.4 is 14.2 Å². The predicted molar refractivity (Wildman–Crippen MR) is 174 cm³/mol. The molecule has 260 valence electrons. The Morgan fingerprint density at radius 3 is 2.35 bits per heavy atom. The van der Waals surface area contributed by atoms with E-state index in [0.717, 1.165) is 32.1 Å². The first kappa shape index (κ1) is 35.9. The summed E-state index contributed by atoms with van der Waals surface area (Å²) in [5.74, 6) is 2.30. The number of carbonyl (C=O) groups is 2. The van der Waals surface area contributed by atoms with E-state index in [1.807, 2.05) is 43.9 Å². The molecule has 1 aliphatic carbocycles. The summed E-state index contributed by atoms with van der Waals surface area (Å²) < 4.78 is 40.5. The monoisotopic (exact) mass is 648 g/mol. The van der Waals surface area contributed by atoms with E-state index in [-0.39, 0.29) is 48.2 Å². The van der Waals surface area contributed by atoms with Crippen LogP contribution in [0.5, 0.6) is 17.2 Å². The van der Waals surface area contributed by atoms with Crippen LogP contribution in [0.4, 0.5) is 9.59 Å². The summed E-state index contributed by atoms with van der Waals surface area (Å²) in [4.78, 5) is 30.4. The van der Waals surface area contributed by atoms with E-state index in [9.17, 15) is 9.59 Å². The number of carbonyl (C=O) groups excluding carboxylic acids is 2. The largest absolute Gasteiger partial charge is 0.493 e. The number of nitrogens with zero attached hydrogens (tertiary/aromatic N) is 2. The molecule has 1 aromatic rings. The third-order valence-electron chi connectivity index (χ3n) is 8.77. The van der Waals surface area contributed by atoms with Crippen LogP contribution in [0.25, 0.3) is 0 Å². The summed E-state index contributed by atoms with van der Waals surface area (Å²) in [5, 5.41) is 0. The van der Waals surface area contributed by atoms with Crippen molar-refractivity contribution in [3.05, 3.63) is 18.2 Å². The van der Waals surface area contributed by atoms with E-state index >= 15 is 0 Å². The molecule has 3 aliphatic rings. The highest BCUT2D eigenvalue weighted by atomic mass is 16.6. The second-order valence-electron chi connectivity index (χ2n) is 14.1. The standard InChI is InChI=1S/C35H56N2O9/c1-24(2)31(44-29-11-12-30(41-7)32(20-29)43-16-8-15-40-6)19-25-21-36(33(38)46-35(3,4)5)22-26(25)23-37(27-9-10-27)34(39)45-28-13-17-42-18-14-28/h11-12,20,24-28,31H,8-10,13-19,21-23H2,1-7H3/t25-,26-,31-/m0/s1. The van der Waals surface area contributed by atoms with E-state index in [2.05, 4.69) is 13.8 Å². The molecule has 1 saturated carbocycles. The number of amides is 2. The summed E-state index contributed by atoms with van der Waals surface area (Å²) in [6.45, 7) is 13.9. The van der Waals surface area contributed by atoms with E-state index in [4.69, 9.17) is 33.2 Å². The van der Waals surface area contributed by atoms with Gasteiger partial charge < -0.3 is 43.0 Å². The molecule has 11 nitrogen and oxygen atoms in total. The van der Waals surface area contributed by atoms with Gasteiger partial charge in [-0.25, -0.2) is 9.59 Å². The van der Waals surface area contributed by atoms with Crippen molar-refractivity contribution >= 4 is 12.2 Å². The number of hydrogen-bond donors (Lipinski definition) is 0. The lowest BCUT2D eigenvalue weighted by molar-refractivity contribution is -0.0129. The predicted octanol–water partition coefficient (Wildman–Crippen LogP) is 6.17. The average molecular weight is 649 g/mol. The Labute approximate surface area is 275 Å². The van der Waals surface area contributed by atoms with Gasteiger partial charge in [-0.05, 0) is 69.9 Å². The maximum atomic E-state index is 13.5. The van der Waals surface area contributed by atoms with Gasteiger partial charge in [0.2, 0.25) is 0 Å². The van der Waals surface area contributed by atoms with Gasteiger partial charge in [0, 0.05) is 64.7 Å². The van der Waals surface area contributed by atoms with Gasteiger partial charge in [0.05, 0.1) is 26.9 Å². The zero-order valence-corrected chi connectivity index (χ0v) is 29.0. The molecule has 0 spiro atoms. The summed E-state index contributed by atoms with van der Waals surface area (Å²) >= 11 is 0. The SMILES string of the molecule is COCCCOc1cc(O[C@@H](C[C@H]2CN(C(=O)OC(C)(C)C)C[C@H]2CN(C(=O)OC2CCOCC2)C2CC2)C(C)C)ccc1OC. The Bertz CT molecular complexity index is 1110. The average Bonchev–Trinajstić information content (AvgIpc) is 3.77. The minimum absolute atomic E-state index is 0.0516. The van der Waals surface area contributed by atoms with Crippen molar-refractivity contribution in [3.8, 4) is 17.2 Å². The fourth-order valence-electron chi connectivity index (χ4n) is 6.06. The Hall–Kier alpha value is -2.92. The minimum Gasteiger partial charge on any atom is -0.493 e. The van der Waals surface area contributed by atoms with Crippen LogP contribution in [0, 0.1) is 17.8 Å². The second-order valence-corrected chi connectivity index (χ2v) is 14.1. The normalized spacial score (nSPS) is 21.2. The van der Waals surface area contributed by atoms with Gasteiger partial charge >= 0.3 is 12.2 Å². The van der Waals surface area contributed by atoms with Crippen molar-refractivity contribution in [3.63, 3.8) is 0 Å². The molecule has 2 saturated heterocycles. The molecule has 0 N–H and O–H groups in total. The number of rotatable bonds is 15. The summed E-state index contributed by atoms with van der Waals surface area (Å²) in [6, 6.07) is 5.82. The van der Waals surface area contributed by atoms with Crippen LogP contribution in [-0.4, -0.2) is 106 Å². The number of hydrogen-bond acceptors (Lipinski definition) is 9. The topological polar surface area (TPSA) is 105 Å². The zero-order valence-electron chi connectivity index (χ0n) is 29.0. The van der Waals surface area contributed by atoms with Crippen LogP contribution in [0.1, 0.15) is 73.1 Å². The maximum absolute atomic E-state index is 13.5. The molecule has 3 fully saturated rings.